The number of carbonyl (C=O) groups excluding carboxylic acids is 1. The van der Waals surface area contributed by atoms with Gasteiger partial charge in [0.05, 0.1) is 3.79 Å². The Morgan fingerprint density at radius 1 is 1.29 bits per heavy atom. The molecule has 0 aliphatic heterocycles. The normalized spacial score (nSPS) is 10.5. The summed E-state index contributed by atoms with van der Waals surface area (Å²) in [6.07, 6.45) is 0.483. The lowest BCUT2D eigenvalue weighted by molar-refractivity contribution is 0.0992. The highest BCUT2D eigenvalue weighted by molar-refractivity contribution is 9.11. The van der Waals surface area contributed by atoms with Crippen molar-refractivity contribution in [3.63, 3.8) is 0 Å². The van der Waals surface area contributed by atoms with Gasteiger partial charge in [-0.05, 0) is 47.0 Å². The fraction of sp³-hybridized carbons (Fsp3) is 0.214. The van der Waals surface area contributed by atoms with Crippen molar-refractivity contribution in [1.29, 1.82) is 0 Å². The maximum Gasteiger partial charge on any atom is 0.168 e. The predicted octanol–water partition coefficient (Wildman–Crippen LogP) is 4.55. The SMILES string of the molecule is Cc1ccccc1CC(=O)c1cc(Br)sc1C. The summed E-state index contributed by atoms with van der Waals surface area (Å²) in [5.74, 6) is 0.193. The van der Waals surface area contributed by atoms with Crippen LogP contribution in [0.3, 0.4) is 0 Å². The lowest BCUT2D eigenvalue weighted by atomic mass is 10.0. The molecule has 1 heterocycles. The molecule has 88 valence electrons. The van der Waals surface area contributed by atoms with Gasteiger partial charge in [0, 0.05) is 16.9 Å². The summed E-state index contributed by atoms with van der Waals surface area (Å²) in [5, 5.41) is 0. The Hall–Kier alpha value is -0.930. The van der Waals surface area contributed by atoms with E-state index in [1.165, 1.54) is 5.56 Å². The van der Waals surface area contributed by atoms with E-state index in [0.717, 1.165) is 19.8 Å². The minimum atomic E-state index is 0.193. The minimum Gasteiger partial charge on any atom is -0.294 e. The van der Waals surface area contributed by atoms with Crippen LogP contribution >= 0.6 is 27.3 Å². The molecule has 0 radical (unpaired) electrons. The van der Waals surface area contributed by atoms with Gasteiger partial charge >= 0.3 is 0 Å². The van der Waals surface area contributed by atoms with Crippen LogP contribution in [0.15, 0.2) is 34.1 Å². The molecule has 0 N–H and O–H groups in total. The lowest BCUT2D eigenvalue weighted by Crippen LogP contribution is -2.04. The zero-order valence-corrected chi connectivity index (χ0v) is 12.2. The van der Waals surface area contributed by atoms with E-state index in [-0.39, 0.29) is 5.78 Å². The molecular weight excluding hydrogens is 296 g/mol. The van der Waals surface area contributed by atoms with E-state index < -0.39 is 0 Å². The van der Waals surface area contributed by atoms with Crippen LogP contribution in [0.25, 0.3) is 0 Å². The Bertz CT molecular complexity index is 557. The highest BCUT2D eigenvalue weighted by Crippen LogP contribution is 2.27. The second kappa shape index (κ2) is 5.15. The van der Waals surface area contributed by atoms with Crippen molar-refractivity contribution in [2.45, 2.75) is 20.3 Å². The lowest BCUT2D eigenvalue weighted by Gasteiger charge is -2.04. The van der Waals surface area contributed by atoms with E-state index in [9.17, 15) is 4.79 Å². The first-order chi connectivity index (χ1) is 8.08. The van der Waals surface area contributed by atoms with E-state index in [1.54, 1.807) is 11.3 Å². The van der Waals surface area contributed by atoms with Crippen molar-refractivity contribution in [3.8, 4) is 0 Å². The van der Waals surface area contributed by atoms with Crippen molar-refractivity contribution in [2.24, 2.45) is 0 Å². The van der Waals surface area contributed by atoms with Crippen LogP contribution in [-0.2, 0) is 6.42 Å². The van der Waals surface area contributed by atoms with Gasteiger partial charge in [-0.3, -0.25) is 4.79 Å². The number of carbonyl (C=O) groups is 1. The number of aryl methyl sites for hydroxylation is 2. The Labute approximate surface area is 114 Å². The molecule has 0 aliphatic carbocycles. The first-order valence-electron chi connectivity index (χ1n) is 5.41. The van der Waals surface area contributed by atoms with E-state index in [0.29, 0.717) is 6.42 Å². The van der Waals surface area contributed by atoms with Gasteiger partial charge < -0.3 is 0 Å². The molecule has 0 spiro atoms. The van der Waals surface area contributed by atoms with Gasteiger partial charge in [0.1, 0.15) is 0 Å². The molecule has 0 unspecified atom stereocenters. The number of thiophene rings is 1. The fourth-order valence-corrected chi connectivity index (χ4v) is 3.51. The largest absolute Gasteiger partial charge is 0.294 e. The molecule has 0 saturated heterocycles. The molecule has 1 aromatic carbocycles. The molecule has 0 aliphatic rings. The molecule has 1 aromatic heterocycles. The highest BCUT2D eigenvalue weighted by atomic mass is 79.9. The average Bonchev–Trinajstić information content (AvgIpc) is 2.61. The van der Waals surface area contributed by atoms with Crippen molar-refractivity contribution in [2.75, 3.05) is 0 Å². The smallest absolute Gasteiger partial charge is 0.168 e. The van der Waals surface area contributed by atoms with Gasteiger partial charge in [0.2, 0.25) is 0 Å². The van der Waals surface area contributed by atoms with Crippen LogP contribution in [0.1, 0.15) is 26.4 Å². The maximum absolute atomic E-state index is 12.2. The molecule has 0 fully saturated rings. The van der Waals surface area contributed by atoms with Crippen LogP contribution in [0.4, 0.5) is 0 Å². The Kier molecular flexibility index (Phi) is 3.79. The van der Waals surface area contributed by atoms with E-state index >= 15 is 0 Å². The molecule has 0 bridgehead atoms. The third-order valence-electron chi connectivity index (χ3n) is 2.80. The van der Waals surface area contributed by atoms with E-state index in [2.05, 4.69) is 15.9 Å². The molecule has 0 amide bonds. The first kappa shape index (κ1) is 12.5. The number of rotatable bonds is 3. The summed E-state index contributed by atoms with van der Waals surface area (Å²) < 4.78 is 1.02. The Morgan fingerprint density at radius 2 is 2.00 bits per heavy atom. The van der Waals surface area contributed by atoms with Gasteiger partial charge in [-0.2, -0.15) is 0 Å². The maximum atomic E-state index is 12.2. The van der Waals surface area contributed by atoms with Crippen molar-refractivity contribution < 1.29 is 4.79 Å². The van der Waals surface area contributed by atoms with Gasteiger partial charge in [-0.25, -0.2) is 0 Å². The van der Waals surface area contributed by atoms with Crippen LogP contribution in [0.2, 0.25) is 0 Å². The fourth-order valence-electron chi connectivity index (χ4n) is 1.80. The van der Waals surface area contributed by atoms with Crippen molar-refractivity contribution in [1.82, 2.24) is 0 Å². The summed E-state index contributed by atoms with van der Waals surface area (Å²) in [6, 6.07) is 9.95. The standard InChI is InChI=1S/C14H13BrOS/c1-9-5-3-4-6-11(9)7-13(16)12-8-14(15)17-10(12)2/h3-6,8H,7H2,1-2H3. The molecule has 1 nitrogen and oxygen atoms in total. The molecule has 2 rings (SSSR count). The van der Waals surface area contributed by atoms with Gasteiger partial charge in [0.25, 0.3) is 0 Å². The van der Waals surface area contributed by atoms with Gasteiger partial charge in [-0.15, -0.1) is 11.3 Å². The number of hydrogen-bond donors (Lipinski definition) is 0. The number of halogens is 1. The predicted molar refractivity (Wildman–Crippen MR) is 76.0 cm³/mol. The molecule has 0 atom stereocenters. The molecule has 0 saturated carbocycles. The van der Waals surface area contributed by atoms with Crippen molar-refractivity contribution in [3.05, 3.63) is 55.7 Å². The zero-order chi connectivity index (χ0) is 12.4. The summed E-state index contributed by atoms with van der Waals surface area (Å²) in [4.78, 5) is 13.3. The average molecular weight is 309 g/mol. The summed E-state index contributed by atoms with van der Waals surface area (Å²) in [5.41, 5.74) is 3.12. The first-order valence-corrected chi connectivity index (χ1v) is 7.02. The number of Topliss-reactive ketones (excluding diaryl/α,β-unsaturated/α-hetero) is 1. The zero-order valence-electron chi connectivity index (χ0n) is 9.79. The highest BCUT2D eigenvalue weighted by Gasteiger charge is 2.13. The van der Waals surface area contributed by atoms with Crippen LogP contribution in [0.5, 0.6) is 0 Å². The minimum absolute atomic E-state index is 0.193. The second-order valence-electron chi connectivity index (χ2n) is 4.05. The molecule has 3 heteroatoms. The van der Waals surface area contributed by atoms with Crippen LogP contribution < -0.4 is 0 Å². The molecule has 2 aromatic rings. The monoisotopic (exact) mass is 308 g/mol. The van der Waals surface area contributed by atoms with E-state index in [4.69, 9.17) is 0 Å². The second-order valence-corrected chi connectivity index (χ2v) is 6.68. The van der Waals surface area contributed by atoms with Crippen LogP contribution in [0, 0.1) is 13.8 Å². The molecule has 17 heavy (non-hydrogen) atoms. The Balaban J connectivity index is 2.23. The third-order valence-corrected chi connectivity index (χ3v) is 4.35. The van der Waals surface area contributed by atoms with Crippen molar-refractivity contribution >= 4 is 33.0 Å². The quantitative estimate of drug-likeness (QED) is 0.760. The number of benzene rings is 1. The number of hydrogen-bond acceptors (Lipinski definition) is 2. The summed E-state index contributed by atoms with van der Waals surface area (Å²) in [7, 11) is 0. The van der Waals surface area contributed by atoms with Gasteiger partial charge in [-0.1, -0.05) is 24.3 Å². The van der Waals surface area contributed by atoms with Gasteiger partial charge in [0.15, 0.2) is 5.78 Å². The van der Waals surface area contributed by atoms with Crippen LogP contribution in [-0.4, -0.2) is 5.78 Å². The third kappa shape index (κ3) is 2.85. The summed E-state index contributed by atoms with van der Waals surface area (Å²) in [6.45, 7) is 4.03. The topological polar surface area (TPSA) is 17.1 Å². The number of ketones is 1. The summed E-state index contributed by atoms with van der Waals surface area (Å²) >= 11 is 5.03. The molecular formula is C14H13BrOS. The van der Waals surface area contributed by atoms with E-state index in [1.807, 2.05) is 44.2 Å². The Morgan fingerprint density at radius 3 is 2.59 bits per heavy atom.